The van der Waals surface area contributed by atoms with E-state index in [0.717, 1.165) is 29.0 Å². The Morgan fingerprint density at radius 3 is 2.76 bits per heavy atom. The molecule has 0 radical (unpaired) electrons. The third-order valence-corrected chi connectivity index (χ3v) is 5.53. The van der Waals surface area contributed by atoms with E-state index in [1.54, 1.807) is 26.0 Å². The first kappa shape index (κ1) is 19.3. The maximum absolute atomic E-state index is 6.31. The summed E-state index contributed by atoms with van der Waals surface area (Å²) >= 11 is 1.56. The molecule has 1 atom stereocenters. The Bertz CT molecular complexity index is 1010. The molecule has 2 aromatic carbocycles. The van der Waals surface area contributed by atoms with E-state index in [4.69, 9.17) is 14.2 Å². The van der Waals surface area contributed by atoms with E-state index in [0.29, 0.717) is 28.2 Å². The second kappa shape index (κ2) is 8.57. The number of hydrogen-bond donors (Lipinski definition) is 1. The average molecular weight is 410 g/mol. The molecule has 4 rings (SSSR count). The van der Waals surface area contributed by atoms with Gasteiger partial charge in [-0.25, -0.2) is 0 Å². The molecule has 1 aliphatic rings. The molecule has 8 heteroatoms. The van der Waals surface area contributed by atoms with E-state index in [1.807, 2.05) is 42.5 Å². The summed E-state index contributed by atoms with van der Waals surface area (Å²) in [4.78, 5) is 4.64. The van der Waals surface area contributed by atoms with Gasteiger partial charge in [0.2, 0.25) is 17.3 Å². The third kappa shape index (κ3) is 3.93. The molecule has 7 nitrogen and oxygen atoms in total. The van der Waals surface area contributed by atoms with E-state index in [2.05, 4.69) is 27.4 Å². The molecule has 3 aromatic rings. The van der Waals surface area contributed by atoms with Crippen LogP contribution in [0.2, 0.25) is 0 Å². The summed E-state index contributed by atoms with van der Waals surface area (Å²) < 4.78 is 17.3. The minimum absolute atomic E-state index is 0.436. The summed E-state index contributed by atoms with van der Waals surface area (Å²) in [6.07, 6.45) is 0.489. The van der Waals surface area contributed by atoms with Crippen molar-refractivity contribution in [2.45, 2.75) is 24.7 Å². The summed E-state index contributed by atoms with van der Waals surface area (Å²) in [5.41, 5.74) is 3.18. The SMILES string of the molecule is CCCSc1nnc2c(n1)O[C@H](c1cc(OC)ccc1OC)Nc1ccccc1-2. The molecule has 2 heterocycles. The fraction of sp³-hybridized carbons (Fsp3) is 0.286. The molecule has 0 fully saturated rings. The standard InChI is InChI=1S/C21H22N4O3S/c1-4-11-29-21-23-20-18(24-25-21)14-7-5-6-8-16(14)22-19(28-20)15-12-13(26-2)9-10-17(15)27-3/h5-10,12,19,22H,4,11H2,1-3H3/t19-/m1/s1. The second-order valence-corrected chi connectivity index (χ2v) is 7.45. The smallest absolute Gasteiger partial charge is 0.247 e. The van der Waals surface area contributed by atoms with Crippen molar-refractivity contribution in [3.63, 3.8) is 0 Å². The van der Waals surface area contributed by atoms with Gasteiger partial charge < -0.3 is 19.5 Å². The molecule has 0 bridgehead atoms. The molecule has 29 heavy (non-hydrogen) atoms. The van der Waals surface area contributed by atoms with Gasteiger partial charge in [0, 0.05) is 17.0 Å². The first-order valence-electron chi connectivity index (χ1n) is 9.35. The van der Waals surface area contributed by atoms with Gasteiger partial charge in [-0.15, -0.1) is 10.2 Å². The Balaban J connectivity index is 1.82. The predicted octanol–water partition coefficient (Wildman–Crippen LogP) is 4.56. The zero-order valence-corrected chi connectivity index (χ0v) is 17.3. The highest BCUT2D eigenvalue weighted by Gasteiger charge is 2.28. The summed E-state index contributed by atoms with van der Waals surface area (Å²) in [6, 6.07) is 13.5. The molecular formula is C21H22N4O3S. The maximum atomic E-state index is 6.31. The van der Waals surface area contributed by atoms with Crippen molar-refractivity contribution in [1.82, 2.24) is 15.2 Å². The lowest BCUT2D eigenvalue weighted by Gasteiger charge is -2.21. The van der Waals surface area contributed by atoms with E-state index in [9.17, 15) is 0 Å². The highest BCUT2D eigenvalue weighted by molar-refractivity contribution is 7.99. The van der Waals surface area contributed by atoms with Crippen molar-refractivity contribution in [2.75, 3.05) is 25.3 Å². The Morgan fingerprint density at radius 1 is 1.10 bits per heavy atom. The number of anilines is 1. The molecule has 1 N–H and O–H groups in total. The van der Waals surface area contributed by atoms with Crippen LogP contribution >= 0.6 is 11.8 Å². The number of thioether (sulfide) groups is 1. The number of fused-ring (bicyclic) bond motifs is 3. The van der Waals surface area contributed by atoms with Gasteiger partial charge in [0.25, 0.3) is 0 Å². The fourth-order valence-electron chi connectivity index (χ4n) is 3.09. The van der Waals surface area contributed by atoms with Crippen LogP contribution < -0.4 is 19.5 Å². The van der Waals surface area contributed by atoms with Crippen molar-refractivity contribution >= 4 is 17.4 Å². The van der Waals surface area contributed by atoms with Crippen LogP contribution in [0, 0.1) is 0 Å². The number of aromatic nitrogens is 3. The Labute approximate surface area is 173 Å². The summed E-state index contributed by atoms with van der Waals surface area (Å²) in [5.74, 6) is 2.75. The molecule has 150 valence electrons. The lowest BCUT2D eigenvalue weighted by molar-refractivity contribution is 0.219. The lowest BCUT2D eigenvalue weighted by atomic mass is 10.1. The molecule has 1 aliphatic heterocycles. The van der Waals surface area contributed by atoms with Gasteiger partial charge in [-0.1, -0.05) is 36.9 Å². The number of rotatable bonds is 6. The van der Waals surface area contributed by atoms with Crippen LogP contribution in [-0.2, 0) is 0 Å². The third-order valence-electron chi connectivity index (χ3n) is 4.49. The summed E-state index contributed by atoms with van der Waals surface area (Å²) in [5, 5.41) is 12.7. The monoisotopic (exact) mass is 410 g/mol. The highest BCUT2D eigenvalue weighted by atomic mass is 32.2. The van der Waals surface area contributed by atoms with Crippen molar-refractivity contribution in [3.8, 4) is 28.6 Å². The Morgan fingerprint density at radius 2 is 1.97 bits per heavy atom. The minimum Gasteiger partial charge on any atom is -0.497 e. The average Bonchev–Trinajstić information content (AvgIpc) is 2.93. The fourth-order valence-corrected chi connectivity index (χ4v) is 3.72. The summed E-state index contributed by atoms with van der Waals surface area (Å²) in [6.45, 7) is 2.12. The summed E-state index contributed by atoms with van der Waals surface area (Å²) in [7, 11) is 3.26. The van der Waals surface area contributed by atoms with E-state index in [1.165, 1.54) is 0 Å². The topological polar surface area (TPSA) is 78.4 Å². The maximum Gasteiger partial charge on any atom is 0.247 e. The molecular weight excluding hydrogens is 388 g/mol. The van der Waals surface area contributed by atoms with E-state index in [-0.39, 0.29) is 0 Å². The highest BCUT2D eigenvalue weighted by Crippen LogP contribution is 2.41. The number of para-hydroxylation sites is 1. The molecule has 0 spiro atoms. The first-order chi connectivity index (χ1) is 14.2. The zero-order valence-electron chi connectivity index (χ0n) is 16.5. The van der Waals surface area contributed by atoms with Crippen LogP contribution in [0.5, 0.6) is 17.4 Å². The van der Waals surface area contributed by atoms with Crippen LogP contribution in [0.25, 0.3) is 11.3 Å². The number of ether oxygens (including phenoxy) is 3. The Hall–Kier alpha value is -3.00. The van der Waals surface area contributed by atoms with Gasteiger partial charge in [0.1, 0.15) is 11.5 Å². The quantitative estimate of drug-likeness (QED) is 0.593. The molecule has 0 saturated heterocycles. The van der Waals surface area contributed by atoms with Crippen molar-refractivity contribution in [2.24, 2.45) is 0 Å². The number of hydrogen-bond acceptors (Lipinski definition) is 8. The van der Waals surface area contributed by atoms with Crippen LogP contribution in [0.15, 0.2) is 47.6 Å². The number of nitrogens with zero attached hydrogens (tertiary/aromatic N) is 3. The zero-order chi connectivity index (χ0) is 20.2. The van der Waals surface area contributed by atoms with E-state index < -0.39 is 6.23 Å². The van der Waals surface area contributed by atoms with Crippen LogP contribution in [0.1, 0.15) is 25.1 Å². The van der Waals surface area contributed by atoms with Gasteiger partial charge in [0.05, 0.1) is 19.8 Å². The normalized spacial score (nSPS) is 14.7. The minimum atomic E-state index is -0.539. The molecule has 0 aliphatic carbocycles. The second-order valence-electron chi connectivity index (χ2n) is 6.39. The van der Waals surface area contributed by atoms with Crippen molar-refractivity contribution < 1.29 is 14.2 Å². The van der Waals surface area contributed by atoms with Crippen LogP contribution in [0.3, 0.4) is 0 Å². The molecule has 0 amide bonds. The van der Waals surface area contributed by atoms with Gasteiger partial charge in [0.15, 0.2) is 5.69 Å². The van der Waals surface area contributed by atoms with Gasteiger partial charge in [-0.2, -0.15) is 4.98 Å². The van der Waals surface area contributed by atoms with Crippen molar-refractivity contribution in [1.29, 1.82) is 0 Å². The van der Waals surface area contributed by atoms with Gasteiger partial charge in [-0.3, -0.25) is 0 Å². The largest absolute Gasteiger partial charge is 0.497 e. The Kier molecular flexibility index (Phi) is 5.71. The van der Waals surface area contributed by atoms with Crippen molar-refractivity contribution in [3.05, 3.63) is 48.0 Å². The molecule has 0 unspecified atom stereocenters. The van der Waals surface area contributed by atoms with Gasteiger partial charge in [-0.05, 0) is 30.7 Å². The predicted molar refractivity (Wildman–Crippen MR) is 113 cm³/mol. The number of benzene rings is 2. The number of nitrogens with one attached hydrogen (secondary N) is 1. The van der Waals surface area contributed by atoms with Crippen LogP contribution in [0.4, 0.5) is 5.69 Å². The van der Waals surface area contributed by atoms with Crippen LogP contribution in [-0.4, -0.2) is 35.2 Å². The first-order valence-corrected chi connectivity index (χ1v) is 10.3. The molecule has 1 aromatic heterocycles. The lowest BCUT2D eigenvalue weighted by Crippen LogP contribution is -2.18. The van der Waals surface area contributed by atoms with Gasteiger partial charge >= 0.3 is 0 Å². The molecule has 0 saturated carbocycles. The van der Waals surface area contributed by atoms with E-state index >= 15 is 0 Å². The number of methoxy groups -OCH3 is 2.